The van der Waals surface area contributed by atoms with Gasteiger partial charge in [0.1, 0.15) is 11.4 Å². The SMILES string of the molecule is COC(C)(Cc1csc(Nc2ncc(Br)cc2Sc2ccccc2)n1)C(=O)N(C)CCO. The third-order valence-electron chi connectivity index (χ3n) is 4.77. The van der Waals surface area contributed by atoms with Gasteiger partial charge < -0.3 is 20.1 Å². The lowest BCUT2D eigenvalue weighted by Crippen LogP contribution is -2.49. The molecule has 0 saturated carbocycles. The Morgan fingerprint density at radius 2 is 2.12 bits per heavy atom. The number of anilines is 2. The second-order valence-corrected chi connectivity index (χ2v) is 10.1. The molecule has 0 aliphatic rings. The summed E-state index contributed by atoms with van der Waals surface area (Å²) in [6.07, 6.45) is 2.05. The van der Waals surface area contributed by atoms with Crippen LogP contribution in [0.25, 0.3) is 0 Å². The smallest absolute Gasteiger partial charge is 0.254 e. The summed E-state index contributed by atoms with van der Waals surface area (Å²) in [6, 6.07) is 12.1. The lowest BCUT2D eigenvalue weighted by molar-refractivity contribution is -0.152. The van der Waals surface area contributed by atoms with Crippen molar-refractivity contribution >= 4 is 55.9 Å². The molecule has 7 nitrogen and oxygen atoms in total. The molecule has 0 radical (unpaired) electrons. The van der Waals surface area contributed by atoms with Gasteiger partial charge in [-0.05, 0) is 41.1 Å². The quantitative estimate of drug-likeness (QED) is 0.391. The van der Waals surface area contributed by atoms with E-state index in [-0.39, 0.29) is 19.1 Å². The number of nitrogens with one attached hydrogen (secondary N) is 1. The lowest BCUT2D eigenvalue weighted by atomic mass is 9.98. The summed E-state index contributed by atoms with van der Waals surface area (Å²) >= 11 is 6.55. The van der Waals surface area contributed by atoms with Crippen LogP contribution >= 0.6 is 39.0 Å². The Morgan fingerprint density at radius 1 is 1.38 bits per heavy atom. The van der Waals surface area contributed by atoms with Crippen LogP contribution in [-0.4, -0.2) is 58.8 Å². The Bertz CT molecular complexity index is 1050. The molecule has 2 N–H and O–H groups in total. The number of aliphatic hydroxyl groups excluding tert-OH is 1. The average molecular weight is 538 g/mol. The molecular weight excluding hydrogens is 512 g/mol. The number of carbonyl (C=O) groups is 1. The van der Waals surface area contributed by atoms with Crippen LogP contribution in [0.15, 0.2) is 62.2 Å². The molecule has 1 atom stereocenters. The van der Waals surface area contributed by atoms with E-state index >= 15 is 0 Å². The number of pyridine rings is 1. The number of aliphatic hydroxyl groups is 1. The lowest BCUT2D eigenvalue weighted by Gasteiger charge is -2.30. The normalized spacial score (nSPS) is 12.9. The first-order chi connectivity index (χ1) is 15.3. The van der Waals surface area contributed by atoms with Crippen LogP contribution in [0.2, 0.25) is 0 Å². The van der Waals surface area contributed by atoms with Crippen molar-refractivity contribution in [3.8, 4) is 0 Å². The number of hydrogen-bond donors (Lipinski definition) is 2. The van der Waals surface area contributed by atoms with Crippen LogP contribution in [0.1, 0.15) is 12.6 Å². The number of rotatable bonds is 10. The van der Waals surface area contributed by atoms with E-state index in [0.717, 1.165) is 20.0 Å². The molecule has 0 fully saturated rings. The molecule has 0 aliphatic heterocycles. The van der Waals surface area contributed by atoms with Crippen LogP contribution in [0, 0.1) is 0 Å². The number of likely N-dealkylation sites (N-methyl/N-ethyl adjacent to an activating group) is 1. The van der Waals surface area contributed by atoms with E-state index in [2.05, 4.69) is 31.2 Å². The number of benzene rings is 1. The monoisotopic (exact) mass is 536 g/mol. The largest absolute Gasteiger partial charge is 0.395 e. The van der Waals surface area contributed by atoms with E-state index < -0.39 is 5.60 Å². The maximum absolute atomic E-state index is 12.8. The van der Waals surface area contributed by atoms with Gasteiger partial charge in [0.25, 0.3) is 5.91 Å². The molecule has 0 bridgehead atoms. The first-order valence-electron chi connectivity index (χ1n) is 9.86. The number of aromatic nitrogens is 2. The van der Waals surface area contributed by atoms with Gasteiger partial charge in [-0.3, -0.25) is 4.79 Å². The third-order valence-corrected chi connectivity index (χ3v) is 7.05. The summed E-state index contributed by atoms with van der Waals surface area (Å²) in [6.45, 7) is 1.88. The fraction of sp³-hybridized carbons (Fsp3) is 0.318. The van der Waals surface area contributed by atoms with Gasteiger partial charge in [-0.15, -0.1) is 11.3 Å². The molecule has 10 heteroatoms. The van der Waals surface area contributed by atoms with Gasteiger partial charge in [-0.2, -0.15) is 0 Å². The van der Waals surface area contributed by atoms with Gasteiger partial charge in [0.05, 0.1) is 17.2 Å². The maximum Gasteiger partial charge on any atom is 0.254 e. The van der Waals surface area contributed by atoms with Crippen molar-refractivity contribution in [2.45, 2.75) is 28.7 Å². The molecular formula is C22H25BrN4O3S2. The van der Waals surface area contributed by atoms with Crippen LogP contribution in [-0.2, 0) is 16.0 Å². The number of nitrogens with zero attached hydrogens (tertiary/aromatic N) is 3. The second-order valence-electron chi connectivity index (χ2n) is 7.25. The summed E-state index contributed by atoms with van der Waals surface area (Å²) in [5, 5.41) is 15.0. The first kappa shape index (κ1) is 24.7. The molecule has 0 aliphatic carbocycles. The highest BCUT2D eigenvalue weighted by Gasteiger charge is 2.36. The second kappa shape index (κ2) is 11.2. The average Bonchev–Trinajstić information content (AvgIpc) is 3.22. The van der Waals surface area contributed by atoms with E-state index in [1.807, 2.05) is 41.8 Å². The molecule has 1 aromatic carbocycles. The zero-order valence-corrected chi connectivity index (χ0v) is 21.3. The van der Waals surface area contributed by atoms with E-state index in [9.17, 15) is 4.79 Å². The summed E-state index contributed by atoms with van der Waals surface area (Å²) in [7, 11) is 3.16. The standard InChI is InChI=1S/C22H25BrN4O3S2/c1-22(30-3,20(29)27(2)9-10-28)12-16-14-31-21(25-16)26-19-18(11-15(23)13-24-19)32-17-7-5-4-6-8-17/h4-8,11,13-14,28H,9-10,12H2,1-3H3,(H,24,25,26). The van der Waals surface area contributed by atoms with Crippen LogP contribution in [0.3, 0.4) is 0 Å². The highest BCUT2D eigenvalue weighted by molar-refractivity contribution is 9.10. The maximum atomic E-state index is 12.8. The Morgan fingerprint density at radius 3 is 2.81 bits per heavy atom. The highest BCUT2D eigenvalue weighted by atomic mass is 79.9. The predicted molar refractivity (Wildman–Crippen MR) is 132 cm³/mol. The fourth-order valence-electron chi connectivity index (χ4n) is 2.99. The summed E-state index contributed by atoms with van der Waals surface area (Å²) in [5.74, 6) is 0.504. The van der Waals surface area contributed by atoms with Crippen molar-refractivity contribution in [2.75, 3.05) is 32.6 Å². The van der Waals surface area contributed by atoms with Gasteiger partial charge in [0, 0.05) is 48.1 Å². The van der Waals surface area contributed by atoms with Crippen molar-refractivity contribution in [1.29, 1.82) is 0 Å². The third kappa shape index (κ3) is 6.29. The zero-order chi connectivity index (χ0) is 23.1. The summed E-state index contributed by atoms with van der Waals surface area (Å²) < 4.78 is 6.44. The van der Waals surface area contributed by atoms with Crippen molar-refractivity contribution in [1.82, 2.24) is 14.9 Å². The molecule has 0 spiro atoms. The van der Waals surface area contributed by atoms with Gasteiger partial charge in [-0.25, -0.2) is 9.97 Å². The Balaban J connectivity index is 1.76. The van der Waals surface area contributed by atoms with Crippen LogP contribution < -0.4 is 5.32 Å². The Kier molecular flexibility index (Phi) is 8.66. The van der Waals surface area contributed by atoms with Gasteiger partial charge in [-0.1, -0.05) is 30.0 Å². The molecule has 1 unspecified atom stereocenters. The molecule has 170 valence electrons. The number of ether oxygens (including phenoxy) is 1. The number of halogens is 1. The van der Waals surface area contributed by atoms with Gasteiger partial charge >= 0.3 is 0 Å². The van der Waals surface area contributed by atoms with Gasteiger partial charge in [0.15, 0.2) is 5.13 Å². The number of amides is 1. The zero-order valence-electron chi connectivity index (χ0n) is 18.0. The van der Waals surface area contributed by atoms with Crippen LogP contribution in [0.5, 0.6) is 0 Å². The van der Waals surface area contributed by atoms with E-state index in [4.69, 9.17) is 9.84 Å². The predicted octanol–water partition coefficient (Wildman–Crippen LogP) is 4.59. The minimum absolute atomic E-state index is 0.101. The molecule has 1 amide bonds. The van der Waals surface area contributed by atoms with Crippen molar-refractivity contribution in [2.24, 2.45) is 0 Å². The first-order valence-corrected chi connectivity index (χ1v) is 12.3. The molecule has 3 rings (SSSR count). The molecule has 2 heterocycles. The van der Waals surface area contributed by atoms with Crippen LogP contribution in [0.4, 0.5) is 10.9 Å². The number of methoxy groups -OCH3 is 1. The molecule has 0 saturated heterocycles. The van der Waals surface area contributed by atoms with Gasteiger partial charge in [0.2, 0.25) is 0 Å². The highest BCUT2D eigenvalue weighted by Crippen LogP contribution is 2.36. The topological polar surface area (TPSA) is 87.6 Å². The summed E-state index contributed by atoms with van der Waals surface area (Å²) in [4.78, 5) is 25.5. The van der Waals surface area contributed by atoms with Crippen molar-refractivity contribution < 1.29 is 14.6 Å². The number of hydrogen-bond acceptors (Lipinski definition) is 8. The summed E-state index contributed by atoms with van der Waals surface area (Å²) in [5.41, 5.74) is -0.332. The Labute approximate surface area is 204 Å². The van der Waals surface area contributed by atoms with Crippen molar-refractivity contribution in [3.63, 3.8) is 0 Å². The van der Waals surface area contributed by atoms with Crippen molar-refractivity contribution in [3.05, 3.63) is 58.1 Å². The minimum Gasteiger partial charge on any atom is -0.395 e. The fourth-order valence-corrected chi connectivity index (χ4v) is 5.12. The number of carbonyl (C=O) groups excluding carboxylic acids is 1. The molecule has 32 heavy (non-hydrogen) atoms. The number of thiazole rings is 1. The van der Waals surface area contributed by atoms with E-state index in [1.165, 1.54) is 23.3 Å². The van der Waals surface area contributed by atoms with E-state index in [1.54, 1.807) is 31.9 Å². The minimum atomic E-state index is -1.07. The molecule has 3 aromatic rings. The molecule has 2 aromatic heterocycles. The Hall–Kier alpha value is -1.98. The van der Waals surface area contributed by atoms with E-state index in [0.29, 0.717) is 17.4 Å².